The molecule has 0 aliphatic rings. The smallest absolute Gasteiger partial charge is 0.246 e. The maximum atomic E-state index is 13.8. The molecule has 1 atom stereocenters. The van der Waals surface area contributed by atoms with Crippen LogP contribution in [0.2, 0.25) is 5.02 Å². The quantitative estimate of drug-likeness (QED) is 0.618. The second-order valence-corrected chi connectivity index (χ2v) is 7.31. The summed E-state index contributed by atoms with van der Waals surface area (Å²) in [6.07, 6.45) is 0. The van der Waals surface area contributed by atoms with Gasteiger partial charge >= 0.3 is 0 Å². The maximum absolute atomic E-state index is 13.8. The van der Waals surface area contributed by atoms with E-state index in [0.29, 0.717) is 0 Å². The number of carbonyl (C=O) groups is 1. The Kier molecular flexibility index (Phi) is 5.54. The van der Waals surface area contributed by atoms with Crippen LogP contribution in [-0.4, -0.2) is 16.9 Å². The summed E-state index contributed by atoms with van der Waals surface area (Å²) >= 11 is 7.32. The van der Waals surface area contributed by atoms with Gasteiger partial charge in [0.2, 0.25) is 5.91 Å². The van der Waals surface area contributed by atoms with Crippen LogP contribution in [0.4, 0.5) is 15.8 Å². The normalized spacial score (nSPS) is 11.8. The first kappa shape index (κ1) is 18.4. The van der Waals surface area contributed by atoms with E-state index in [4.69, 9.17) is 11.6 Å². The maximum Gasteiger partial charge on any atom is 0.246 e. The lowest BCUT2D eigenvalue weighted by atomic mass is 10.1. The van der Waals surface area contributed by atoms with E-state index in [0.717, 1.165) is 28.0 Å². The zero-order valence-electron chi connectivity index (χ0n) is 14.2. The van der Waals surface area contributed by atoms with E-state index in [9.17, 15) is 9.18 Å². The minimum Gasteiger partial charge on any atom is -0.374 e. The van der Waals surface area contributed by atoms with Crippen LogP contribution in [-0.2, 0) is 4.79 Å². The van der Waals surface area contributed by atoms with Crippen molar-refractivity contribution in [2.24, 2.45) is 0 Å². The highest BCUT2D eigenvalue weighted by molar-refractivity contribution is 7.09. The molecule has 26 heavy (non-hydrogen) atoms. The molecule has 0 aliphatic carbocycles. The zero-order chi connectivity index (χ0) is 18.7. The van der Waals surface area contributed by atoms with Gasteiger partial charge in [-0.25, -0.2) is 9.37 Å². The summed E-state index contributed by atoms with van der Waals surface area (Å²) in [6.45, 7) is 3.68. The average Bonchev–Trinajstić information content (AvgIpc) is 3.04. The molecule has 134 valence electrons. The molecule has 1 aromatic heterocycles. The van der Waals surface area contributed by atoms with Crippen LogP contribution in [0.15, 0.2) is 47.8 Å². The van der Waals surface area contributed by atoms with E-state index in [1.165, 1.54) is 12.1 Å². The molecule has 1 heterocycles. The molecule has 0 bridgehead atoms. The highest BCUT2D eigenvalue weighted by atomic mass is 35.5. The van der Waals surface area contributed by atoms with Crippen molar-refractivity contribution in [1.29, 1.82) is 0 Å². The lowest BCUT2D eigenvalue weighted by molar-refractivity contribution is -0.116. The van der Waals surface area contributed by atoms with Crippen LogP contribution < -0.4 is 10.6 Å². The van der Waals surface area contributed by atoms with E-state index in [1.807, 2.05) is 36.6 Å². The van der Waals surface area contributed by atoms with Crippen molar-refractivity contribution >= 4 is 40.2 Å². The van der Waals surface area contributed by atoms with Crippen molar-refractivity contribution < 1.29 is 9.18 Å². The SMILES string of the molecule is Cc1nc(-c2ccc(NC(C)C(=O)Nc3ccc(Cl)cc3F)cc2)cs1. The molecule has 3 rings (SSSR count). The van der Waals surface area contributed by atoms with Crippen molar-refractivity contribution in [3.8, 4) is 11.3 Å². The Morgan fingerprint density at radius 3 is 2.58 bits per heavy atom. The van der Waals surface area contributed by atoms with Gasteiger partial charge in [-0.15, -0.1) is 11.3 Å². The van der Waals surface area contributed by atoms with Crippen LogP contribution >= 0.6 is 22.9 Å². The van der Waals surface area contributed by atoms with Gasteiger partial charge in [0.15, 0.2) is 0 Å². The zero-order valence-corrected chi connectivity index (χ0v) is 15.8. The van der Waals surface area contributed by atoms with Crippen molar-refractivity contribution in [2.45, 2.75) is 19.9 Å². The predicted octanol–water partition coefficient (Wildman–Crippen LogP) is 5.35. The molecule has 2 N–H and O–H groups in total. The first-order valence-corrected chi connectivity index (χ1v) is 9.23. The van der Waals surface area contributed by atoms with E-state index in [2.05, 4.69) is 15.6 Å². The van der Waals surface area contributed by atoms with E-state index < -0.39 is 11.9 Å². The Bertz CT molecular complexity index is 927. The molecule has 0 spiro atoms. The predicted molar refractivity (Wildman–Crippen MR) is 105 cm³/mol. The highest BCUT2D eigenvalue weighted by Crippen LogP contribution is 2.23. The van der Waals surface area contributed by atoms with Gasteiger partial charge in [0.1, 0.15) is 11.9 Å². The molecular weight excluding hydrogens is 373 g/mol. The van der Waals surface area contributed by atoms with Gasteiger partial charge in [-0.3, -0.25) is 4.79 Å². The standard InChI is InChI=1S/C19H17ClFN3OS/c1-11(19(25)24-17-8-5-14(20)9-16(17)21)22-15-6-3-13(4-7-15)18-10-26-12(2)23-18/h3-11,22H,1-2H3,(H,24,25). The Labute approximate surface area is 160 Å². The van der Waals surface area contributed by atoms with Crippen LogP contribution in [0.1, 0.15) is 11.9 Å². The van der Waals surface area contributed by atoms with Crippen LogP contribution in [0.5, 0.6) is 0 Å². The van der Waals surface area contributed by atoms with Crippen molar-refractivity contribution in [1.82, 2.24) is 4.98 Å². The van der Waals surface area contributed by atoms with Gasteiger partial charge in [-0.2, -0.15) is 0 Å². The average molecular weight is 390 g/mol. The Balaban J connectivity index is 1.63. The molecule has 0 fully saturated rings. The number of anilines is 2. The molecule has 0 radical (unpaired) electrons. The second kappa shape index (κ2) is 7.85. The Morgan fingerprint density at radius 1 is 1.23 bits per heavy atom. The van der Waals surface area contributed by atoms with Crippen molar-refractivity contribution in [3.05, 3.63) is 63.7 Å². The number of benzene rings is 2. The monoisotopic (exact) mass is 389 g/mol. The number of thiazole rings is 1. The number of hydrogen-bond donors (Lipinski definition) is 2. The summed E-state index contributed by atoms with van der Waals surface area (Å²) in [5, 5.41) is 8.96. The van der Waals surface area contributed by atoms with Crippen molar-refractivity contribution in [2.75, 3.05) is 10.6 Å². The highest BCUT2D eigenvalue weighted by Gasteiger charge is 2.15. The molecule has 0 aliphatic heterocycles. The van der Waals surface area contributed by atoms with Crippen LogP contribution in [0.25, 0.3) is 11.3 Å². The third-order valence-corrected chi connectivity index (χ3v) is 4.77. The molecule has 0 saturated carbocycles. The first-order chi connectivity index (χ1) is 12.4. The fourth-order valence-corrected chi connectivity index (χ4v) is 3.16. The number of carbonyl (C=O) groups excluding carboxylic acids is 1. The second-order valence-electron chi connectivity index (χ2n) is 5.81. The molecule has 0 saturated heterocycles. The summed E-state index contributed by atoms with van der Waals surface area (Å²) in [6, 6.07) is 11.2. The van der Waals surface area contributed by atoms with E-state index in [1.54, 1.807) is 18.3 Å². The third kappa shape index (κ3) is 4.39. The minimum atomic E-state index is -0.569. The summed E-state index contributed by atoms with van der Waals surface area (Å²) < 4.78 is 13.8. The van der Waals surface area contributed by atoms with E-state index >= 15 is 0 Å². The lowest BCUT2D eigenvalue weighted by Crippen LogP contribution is -2.32. The van der Waals surface area contributed by atoms with Crippen molar-refractivity contribution in [3.63, 3.8) is 0 Å². The molecule has 4 nitrogen and oxygen atoms in total. The number of halogens is 2. The molecule has 1 amide bonds. The summed E-state index contributed by atoms with van der Waals surface area (Å²) in [4.78, 5) is 16.7. The molecular formula is C19H17ClFN3OS. The summed E-state index contributed by atoms with van der Waals surface area (Å²) in [5.41, 5.74) is 2.84. The summed E-state index contributed by atoms with van der Waals surface area (Å²) in [5.74, 6) is -0.911. The first-order valence-electron chi connectivity index (χ1n) is 7.97. The molecule has 7 heteroatoms. The van der Waals surface area contributed by atoms with Gasteiger partial charge in [0, 0.05) is 21.7 Å². The van der Waals surface area contributed by atoms with Gasteiger partial charge in [0.05, 0.1) is 16.4 Å². The van der Waals surface area contributed by atoms with Gasteiger partial charge < -0.3 is 10.6 Å². The molecule has 3 aromatic rings. The minimum absolute atomic E-state index is 0.0994. The number of rotatable bonds is 5. The van der Waals surface area contributed by atoms with Crippen LogP contribution in [0, 0.1) is 12.7 Å². The third-order valence-electron chi connectivity index (χ3n) is 3.77. The fourth-order valence-electron chi connectivity index (χ4n) is 2.38. The lowest BCUT2D eigenvalue weighted by Gasteiger charge is -2.16. The Hall–Kier alpha value is -2.44. The number of nitrogens with zero attached hydrogens (tertiary/aromatic N) is 1. The number of aryl methyl sites for hydroxylation is 1. The molecule has 1 unspecified atom stereocenters. The van der Waals surface area contributed by atoms with Gasteiger partial charge in [-0.1, -0.05) is 23.7 Å². The Morgan fingerprint density at radius 2 is 1.96 bits per heavy atom. The van der Waals surface area contributed by atoms with Gasteiger partial charge in [0.25, 0.3) is 0 Å². The number of hydrogen-bond acceptors (Lipinski definition) is 4. The van der Waals surface area contributed by atoms with Gasteiger partial charge in [-0.05, 0) is 44.2 Å². The fraction of sp³-hybridized carbons (Fsp3) is 0.158. The number of nitrogens with one attached hydrogen (secondary N) is 2. The topological polar surface area (TPSA) is 54.0 Å². The largest absolute Gasteiger partial charge is 0.374 e. The van der Waals surface area contributed by atoms with E-state index in [-0.39, 0.29) is 16.6 Å². The number of aromatic nitrogens is 1. The van der Waals surface area contributed by atoms with Crippen LogP contribution in [0.3, 0.4) is 0 Å². The molecule has 2 aromatic carbocycles. The summed E-state index contributed by atoms with van der Waals surface area (Å²) in [7, 11) is 0. The number of amides is 1.